The molecule has 0 spiro atoms. The number of hydrogen-bond acceptors (Lipinski definition) is 3. The number of rotatable bonds is 6. The van der Waals surface area contributed by atoms with Crippen LogP contribution in [0.1, 0.15) is 19.0 Å². The lowest BCUT2D eigenvalue weighted by Crippen LogP contribution is -2.17. The van der Waals surface area contributed by atoms with Gasteiger partial charge in [-0.25, -0.2) is 0 Å². The number of Topliss-reactive ketones (excluding diaryl/α,β-unsaturated/α-hetero) is 1. The molecular weight excluding hydrogens is 238 g/mol. The van der Waals surface area contributed by atoms with Gasteiger partial charge in [-0.05, 0) is 27.1 Å². The van der Waals surface area contributed by atoms with E-state index in [1.165, 1.54) is 0 Å². The van der Waals surface area contributed by atoms with Crippen molar-refractivity contribution >= 4 is 16.7 Å². The summed E-state index contributed by atoms with van der Waals surface area (Å²) in [6, 6.07) is 8.11. The molecule has 0 aliphatic rings. The van der Waals surface area contributed by atoms with Crippen molar-refractivity contribution in [1.29, 1.82) is 0 Å². The molecule has 4 heteroatoms. The molecule has 0 aliphatic heterocycles. The van der Waals surface area contributed by atoms with E-state index in [9.17, 15) is 4.79 Å². The minimum Gasteiger partial charge on any atom is -0.309 e. The van der Waals surface area contributed by atoms with Crippen LogP contribution in [0.5, 0.6) is 0 Å². The summed E-state index contributed by atoms with van der Waals surface area (Å²) in [4.78, 5) is 14.0. The van der Waals surface area contributed by atoms with Gasteiger partial charge in [0.05, 0.1) is 17.6 Å². The fourth-order valence-electron chi connectivity index (χ4n) is 2.19. The minimum atomic E-state index is 0.250. The summed E-state index contributed by atoms with van der Waals surface area (Å²) in [5, 5.41) is 5.66. The third-order valence-electron chi connectivity index (χ3n) is 3.24. The van der Waals surface area contributed by atoms with Crippen LogP contribution in [0.25, 0.3) is 10.9 Å². The number of benzene rings is 1. The maximum absolute atomic E-state index is 12.0. The zero-order valence-corrected chi connectivity index (χ0v) is 11.9. The highest BCUT2D eigenvalue weighted by Gasteiger charge is 2.12. The fourth-order valence-corrected chi connectivity index (χ4v) is 2.19. The van der Waals surface area contributed by atoms with E-state index in [4.69, 9.17) is 0 Å². The maximum Gasteiger partial charge on any atom is 0.140 e. The van der Waals surface area contributed by atoms with Crippen LogP contribution in [0.4, 0.5) is 0 Å². The van der Waals surface area contributed by atoms with Gasteiger partial charge in [-0.15, -0.1) is 0 Å². The normalized spacial score (nSPS) is 11.4. The minimum absolute atomic E-state index is 0.250. The topological polar surface area (TPSA) is 38.1 Å². The van der Waals surface area contributed by atoms with E-state index in [1.54, 1.807) is 0 Å². The number of aryl methyl sites for hydroxylation is 1. The lowest BCUT2D eigenvalue weighted by Gasteiger charge is -2.07. The van der Waals surface area contributed by atoms with Gasteiger partial charge in [0.25, 0.3) is 0 Å². The van der Waals surface area contributed by atoms with Crippen molar-refractivity contribution in [3.05, 3.63) is 30.0 Å². The number of ketones is 1. The molecule has 0 N–H and O–H groups in total. The molecule has 2 aromatic rings. The molecule has 0 aliphatic carbocycles. The first-order valence-corrected chi connectivity index (χ1v) is 6.72. The summed E-state index contributed by atoms with van der Waals surface area (Å²) < 4.78 is 1.96. The summed E-state index contributed by atoms with van der Waals surface area (Å²) >= 11 is 0. The van der Waals surface area contributed by atoms with Gasteiger partial charge in [0.1, 0.15) is 5.78 Å². The van der Waals surface area contributed by atoms with E-state index in [1.807, 2.05) is 41.9 Å². The summed E-state index contributed by atoms with van der Waals surface area (Å²) in [6.45, 7) is 3.69. The van der Waals surface area contributed by atoms with Gasteiger partial charge in [-0.1, -0.05) is 18.2 Å². The van der Waals surface area contributed by atoms with Gasteiger partial charge in [-0.2, -0.15) is 5.10 Å². The Hall–Kier alpha value is -1.68. The van der Waals surface area contributed by atoms with Crippen molar-refractivity contribution in [3.63, 3.8) is 0 Å². The number of hydrogen-bond donors (Lipinski definition) is 0. The lowest BCUT2D eigenvalue weighted by atomic mass is 10.1. The largest absolute Gasteiger partial charge is 0.309 e. The molecule has 0 fully saturated rings. The van der Waals surface area contributed by atoms with Crippen LogP contribution < -0.4 is 0 Å². The van der Waals surface area contributed by atoms with E-state index >= 15 is 0 Å². The Labute approximate surface area is 114 Å². The Morgan fingerprint density at radius 3 is 2.74 bits per heavy atom. The number of fused-ring (bicyclic) bond motifs is 1. The highest BCUT2D eigenvalue weighted by atomic mass is 16.1. The molecule has 2 rings (SSSR count). The van der Waals surface area contributed by atoms with Crippen LogP contribution in [0, 0.1) is 0 Å². The van der Waals surface area contributed by atoms with Gasteiger partial charge in [-0.3, -0.25) is 9.48 Å². The third kappa shape index (κ3) is 3.20. The SMILES string of the molecule is CCn1nc(CC(=O)CCN(C)C)c2ccccc21. The van der Waals surface area contributed by atoms with Gasteiger partial charge in [0, 0.05) is 24.9 Å². The van der Waals surface area contributed by atoms with Gasteiger partial charge >= 0.3 is 0 Å². The second-order valence-electron chi connectivity index (χ2n) is 5.05. The zero-order valence-electron chi connectivity index (χ0n) is 11.9. The molecule has 102 valence electrons. The van der Waals surface area contributed by atoms with Crippen LogP contribution in [0.3, 0.4) is 0 Å². The molecule has 0 atom stereocenters. The van der Waals surface area contributed by atoms with Crippen LogP contribution in [0.2, 0.25) is 0 Å². The van der Waals surface area contributed by atoms with E-state index in [2.05, 4.69) is 18.1 Å². The quantitative estimate of drug-likeness (QED) is 0.797. The molecule has 0 saturated carbocycles. The zero-order chi connectivity index (χ0) is 13.8. The van der Waals surface area contributed by atoms with Crippen molar-refractivity contribution in [1.82, 2.24) is 14.7 Å². The third-order valence-corrected chi connectivity index (χ3v) is 3.24. The fraction of sp³-hybridized carbons (Fsp3) is 0.467. The average molecular weight is 259 g/mol. The van der Waals surface area contributed by atoms with E-state index in [0.717, 1.165) is 29.7 Å². The van der Waals surface area contributed by atoms with Crippen LogP contribution in [-0.2, 0) is 17.8 Å². The molecule has 0 unspecified atom stereocenters. The predicted molar refractivity (Wildman–Crippen MR) is 77.3 cm³/mol. The van der Waals surface area contributed by atoms with Crippen molar-refractivity contribution in [2.75, 3.05) is 20.6 Å². The van der Waals surface area contributed by atoms with Crippen molar-refractivity contribution in [2.24, 2.45) is 0 Å². The number of carbonyl (C=O) groups is 1. The summed E-state index contributed by atoms with van der Waals surface area (Å²) in [5.74, 6) is 0.250. The van der Waals surface area contributed by atoms with Crippen molar-refractivity contribution in [2.45, 2.75) is 26.3 Å². The molecule has 0 radical (unpaired) electrons. The van der Waals surface area contributed by atoms with E-state index in [-0.39, 0.29) is 5.78 Å². The number of aromatic nitrogens is 2. The van der Waals surface area contributed by atoms with Crippen LogP contribution >= 0.6 is 0 Å². The van der Waals surface area contributed by atoms with Crippen molar-refractivity contribution in [3.8, 4) is 0 Å². The van der Waals surface area contributed by atoms with Gasteiger partial charge in [0.15, 0.2) is 0 Å². The summed E-state index contributed by atoms with van der Waals surface area (Å²) in [7, 11) is 3.96. The summed E-state index contributed by atoms with van der Waals surface area (Å²) in [6.07, 6.45) is 1.02. The molecule has 4 nitrogen and oxygen atoms in total. The molecule has 1 heterocycles. The standard InChI is InChI=1S/C15H21N3O/c1-4-18-15-8-6-5-7-13(15)14(16-18)11-12(19)9-10-17(2)3/h5-8H,4,9-11H2,1-3H3. The Kier molecular flexibility index (Phi) is 4.32. The highest BCUT2D eigenvalue weighted by Crippen LogP contribution is 2.19. The molecule has 1 aromatic heterocycles. The second kappa shape index (κ2) is 5.97. The Morgan fingerprint density at radius 1 is 1.32 bits per heavy atom. The molecule has 0 amide bonds. The Morgan fingerprint density at radius 2 is 2.05 bits per heavy atom. The summed E-state index contributed by atoms with van der Waals surface area (Å²) in [5.41, 5.74) is 2.02. The van der Waals surface area contributed by atoms with Gasteiger partial charge in [0.2, 0.25) is 0 Å². The number of carbonyl (C=O) groups excluding carboxylic acids is 1. The van der Waals surface area contributed by atoms with E-state index in [0.29, 0.717) is 12.8 Å². The highest BCUT2D eigenvalue weighted by molar-refractivity contribution is 5.88. The first-order valence-electron chi connectivity index (χ1n) is 6.72. The first-order chi connectivity index (χ1) is 9.11. The Balaban J connectivity index is 2.18. The molecule has 1 aromatic carbocycles. The van der Waals surface area contributed by atoms with Crippen LogP contribution in [0.15, 0.2) is 24.3 Å². The molecule has 0 saturated heterocycles. The lowest BCUT2D eigenvalue weighted by molar-refractivity contribution is -0.118. The predicted octanol–water partition coefficient (Wildman–Crippen LogP) is 2.12. The number of nitrogens with zero attached hydrogens (tertiary/aromatic N) is 3. The second-order valence-corrected chi connectivity index (χ2v) is 5.05. The van der Waals surface area contributed by atoms with E-state index < -0.39 is 0 Å². The smallest absolute Gasteiger partial charge is 0.140 e. The van der Waals surface area contributed by atoms with Crippen molar-refractivity contribution < 1.29 is 4.79 Å². The molecule has 0 bridgehead atoms. The number of para-hydroxylation sites is 1. The molecular formula is C15H21N3O. The Bertz CT molecular complexity index is 572. The monoisotopic (exact) mass is 259 g/mol. The first kappa shape index (κ1) is 13.7. The van der Waals surface area contributed by atoms with Gasteiger partial charge < -0.3 is 4.90 Å². The van der Waals surface area contributed by atoms with Crippen LogP contribution in [-0.4, -0.2) is 41.1 Å². The average Bonchev–Trinajstić information content (AvgIpc) is 2.75. The maximum atomic E-state index is 12.0. The molecule has 19 heavy (non-hydrogen) atoms.